The third kappa shape index (κ3) is 3.38. The van der Waals surface area contributed by atoms with E-state index in [1.54, 1.807) is 24.4 Å². The Morgan fingerprint density at radius 2 is 1.93 bits per heavy atom. The van der Waals surface area contributed by atoms with Gasteiger partial charge < -0.3 is 19.5 Å². The van der Waals surface area contributed by atoms with Crippen LogP contribution in [0.2, 0.25) is 0 Å². The quantitative estimate of drug-likeness (QED) is 0.759. The van der Waals surface area contributed by atoms with Crippen molar-refractivity contribution < 1.29 is 19.0 Å². The number of aromatic nitrogens is 1. The Morgan fingerprint density at radius 1 is 1.15 bits per heavy atom. The smallest absolute Gasteiger partial charge is 0.255 e. The molecule has 0 bridgehead atoms. The zero-order valence-corrected chi connectivity index (χ0v) is 15.2. The van der Waals surface area contributed by atoms with Crippen LogP contribution < -0.4 is 19.5 Å². The number of nitrogens with zero attached hydrogens (tertiary/aromatic N) is 1. The second-order valence-electron chi connectivity index (χ2n) is 6.24. The fraction of sp³-hybridized carbons (Fsp3) is 0.238. The molecule has 0 fully saturated rings. The molecule has 6 nitrogen and oxygen atoms in total. The van der Waals surface area contributed by atoms with E-state index in [1.807, 2.05) is 32.0 Å². The van der Waals surface area contributed by atoms with Crippen molar-refractivity contribution >= 4 is 22.5 Å². The number of ether oxygens (including phenoxy) is 3. The fourth-order valence-corrected chi connectivity index (χ4v) is 3.06. The monoisotopic (exact) mass is 364 g/mol. The van der Waals surface area contributed by atoms with Gasteiger partial charge >= 0.3 is 0 Å². The van der Waals surface area contributed by atoms with Gasteiger partial charge in [0.05, 0.1) is 17.8 Å². The van der Waals surface area contributed by atoms with Gasteiger partial charge in [-0.2, -0.15) is 0 Å². The summed E-state index contributed by atoms with van der Waals surface area (Å²) in [5, 5.41) is 3.88. The molecule has 2 heterocycles. The molecule has 0 unspecified atom stereocenters. The predicted octanol–water partition coefficient (Wildman–Crippen LogP) is 3.97. The molecular formula is C21H20N2O4. The Balaban J connectivity index is 1.67. The Labute approximate surface area is 157 Å². The van der Waals surface area contributed by atoms with Gasteiger partial charge in [-0.05, 0) is 43.7 Å². The molecular weight excluding hydrogens is 344 g/mol. The predicted molar refractivity (Wildman–Crippen MR) is 103 cm³/mol. The lowest BCUT2D eigenvalue weighted by Gasteiger charge is -2.21. The number of fused-ring (bicyclic) bond motifs is 2. The number of pyridine rings is 1. The molecule has 0 radical (unpaired) electrons. The molecule has 4 rings (SSSR count). The summed E-state index contributed by atoms with van der Waals surface area (Å²) in [6.45, 7) is 5.34. The molecule has 27 heavy (non-hydrogen) atoms. The number of amides is 1. The molecule has 0 atom stereocenters. The average Bonchev–Trinajstić information content (AvgIpc) is 2.68. The van der Waals surface area contributed by atoms with E-state index in [9.17, 15) is 4.79 Å². The van der Waals surface area contributed by atoms with Crippen LogP contribution in [0.1, 0.15) is 22.8 Å². The highest BCUT2D eigenvalue weighted by Crippen LogP contribution is 2.40. The van der Waals surface area contributed by atoms with Gasteiger partial charge in [0.1, 0.15) is 19.0 Å². The molecule has 1 aliphatic rings. The summed E-state index contributed by atoms with van der Waals surface area (Å²) in [4.78, 5) is 17.2. The highest BCUT2D eigenvalue weighted by molar-refractivity contribution is 6.07. The van der Waals surface area contributed by atoms with Crippen LogP contribution in [0.25, 0.3) is 10.9 Å². The number of benzene rings is 2. The second-order valence-corrected chi connectivity index (χ2v) is 6.24. The molecule has 0 spiro atoms. The van der Waals surface area contributed by atoms with E-state index in [-0.39, 0.29) is 5.91 Å². The summed E-state index contributed by atoms with van der Waals surface area (Å²) >= 11 is 0. The summed E-state index contributed by atoms with van der Waals surface area (Å²) in [6.07, 6.45) is 1.76. The van der Waals surface area contributed by atoms with Crippen molar-refractivity contribution in [3.63, 3.8) is 0 Å². The zero-order valence-electron chi connectivity index (χ0n) is 15.2. The van der Waals surface area contributed by atoms with Crippen LogP contribution in [-0.4, -0.2) is 30.7 Å². The maximum Gasteiger partial charge on any atom is 0.255 e. The van der Waals surface area contributed by atoms with Gasteiger partial charge in [0.25, 0.3) is 5.91 Å². The summed E-state index contributed by atoms with van der Waals surface area (Å²) in [5.41, 5.74) is 3.04. The minimum atomic E-state index is -0.224. The number of hydrogen-bond donors (Lipinski definition) is 1. The van der Waals surface area contributed by atoms with Gasteiger partial charge in [-0.1, -0.05) is 0 Å². The van der Waals surface area contributed by atoms with Crippen LogP contribution in [0, 0.1) is 6.92 Å². The first-order chi connectivity index (χ1) is 13.2. The Hall–Kier alpha value is -3.28. The summed E-state index contributed by atoms with van der Waals surface area (Å²) in [7, 11) is 0. The lowest BCUT2D eigenvalue weighted by Crippen LogP contribution is -2.17. The van der Waals surface area contributed by atoms with Gasteiger partial charge in [-0.15, -0.1) is 0 Å². The van der Waals surface area contributed by atoms with Crippen LogP contribution in [-0.2, 0) is 0 Å². The van der Waals surface area contributed by atoms with Crippen LogP contribution in [0.5, 0.6) is 17.2 Å². The van der Waals surface area contributed by atoms with E-state index in [4.69, 9.17) is 14.2 Å². The maximum absolute atomic E-state index is 12.8. The SMILES string of the molecule is CCOc1cc2c(cc1NC(=O)c1ccc3nccc(C)c3c1)OCCO2. The highest BCUT2D eigenvalue weighted by Gasteiger charge is 2.19. The molecule has 0 saturated heterocycles. The number of aryl methyl sites for hydroxylation is 1. The topological polar surface area (TPSA) is 69.7 Å². The number of nitrogens with one attached hydrogen (secondary N) is 1. The van der Waals surface area contributed by atoms with E-state index >= 15 is 0 Å². The molecule has 0 aliphatic carbocycles. The average molecular weight is 364 g/mol. The van der Waals surface area contributed by atoms with Crippen molar-refractivity contribution in [2.24, 2.45) is 0 Å². The molecule has 138 valence electrons. The Kier molecular flexibility index (Phi) is 4.54. The largest absolute Gasteiger partial charge is 0.492 e. The molecule has 2 aromatic carbocycles. The van der Waals surface area contributed by atoms with Crippen molar-refractivity contribution in [3.05, 3.63) is 53.7 Å². The minimum absolute atomic E-state index is 0.224. The minimum Gasteiger partial charge on any atom is -0.492 e. The van der Waals surface area contributed by atoms with Gasteiger partial charge in [0.15, 0.2) is 11.5 Å². The van der Waals surface area contributed by atoms with Gasteiger partial charge in [-0.3, -0.25) is 9.78 Å². The van der Waals surface area contributed by atoms with Crippen molar-refractivity contribution in [1.29, 1.82) is 0 Å². The number of anilines is 1. The normalized spacial score (nSPS) is 12.7. The molecule has 6 heteroatoms. The first-order valence-corrected chi connectivity index (χ1v) is 8.89. The van der Waals surface area contributed by atoms with Gasteiger partial charge in [0.2, 0.25) is 0 Å². The van der Waals surface area contributed by atoms with Crippen molar-refractivity contribution in [2.45, 2.75) is 13.8 Å². The molecule has 0 saturated carbocycles. The van der Waals surface area contributed by atoms with Crippen molar-refractivity contribution in [3.8, 4) is 17.2 Å². The second kappa shape index (κ2) is 7.15. The van der Waals surface area contributed by atoms with Crippen LogP contribution in [0.4, 0.5) is 5.69 Å². The molecule has 1 N–H and O–H groups in total. The van der Waals surface area contributed by atoms with Gasteiger partial charge in [-0.25, -0.2) is 0 Å². The number of hydrogen-bond acceptors (Lipinski definition) is 5. The van der Waals surface area contributed by atoms with Crippen LogP contribution in [0.15, 0.2) is 42.6 Å². The van der Waals surface area contributed by atoms with E-state index in [2.05, 4.69) is 10.3 Å². The highest BCUT2D eigenvalue weighted by atomic mass is 16.6. The van der Waals surface area contributed by atoms with E-state index < -0.39 is 0 Å². The Morgan fingerprint density at radius 3 is 2.70 bits per heavy atom. The van der Waals surface area contributed by atoms with E-state index in [0.29, 0.717) is 48.3 Å². The van der Waals surface area contributed by atoms with E-state index in [1.165, 1.54) is 0 Å². The third-order valence-electron chi connectivity index (χ3n) is 4.41. The molecule has 1 aromatic heterocycles. The van der Waals surface area contributed by atoms with Gasteiger partial charge in [0, 0.05) is 29.3 Å². The number of carbonyl (C=O) groups is 1. The Bertz CT molecular complexity index is 1020. The van der Waals surface area contributed by atoms with Crippen LogP contribution >= 0.6 is 0 Å². The zero-order chi connectivity index (χ0) is 18.8. The lowest BCUT2D eigenvalue weighted by atomic mass is 10.1. The molecule has 1 aliphatic heterocycles. The third-order valence-corrected chi connectivity index (χ3v) is 4.41. The summed E-state index contributed by atoms with van der Waals surface area (Å²) in [5.74, 6) is 1.54. The number of rotatable bonds is 4. The maximum atomic E-state index is 12.8. The van der Waals surface area contributed by atoms with Crippen LogP contribution in [0.3, 0.4) is 0 Å². The summed E-state index contributed by atoms with van der Waals surface area (Å²) < 4.78 is 16.9. The molecule has 1 amide bonds. The van der Waals surface area contributed by atoms with Crippen molar-refractivity contribution in [1.82, 2.24) is 4.98 Å². The first-order valence-electron chi connectivity index (χ1n) is 8.89. The van der Waals surface area contributed by atoms with Crippen molar-refractivity contribution in [2.75, 3.05) is 25.1 Å². The summed E-state index contributed by atoms with van der Waals surface area (Å²) in [6, 6.07) is 10.9. The first kappa shape index (κ1) is 17.1. The number of carbonyl (C=O) groups excluding carboxylic acids is 1. The molecule has 3 aromatic rings. The fourth-order valence-electron chi connectivity index (χ4n) is 3.06. The lowest BCUT2D eigenvalue weighted by molar-refractivity contribution is 0.102. The standard InChI is InChI=1S/C21H20N2O4/c1-3-25-18-12-20-19(26-8-9-27-20)11-17(18)23-21(24)14-4-5-16-15(10-14)13(2)6-7-22-16/h4-7,10-12H,3,8-9H2,1-2H3,(H,23,24). The van der Waals surface area contributed by atoms with E-state index in [0.717, 1.165) is 16.5 Å².